The number of ether oxygens (including phenoxy) is 1. The van der Waals surface area contributed by atoms with Gasteiger partial charge in [-0.1, -0.05) is 18.2 Å². The van der Waals surface area contributed by atoms with E-state index in [0.29, 0.717) is 27.2 Å². The molecule has 1 N–H and O–H groups in total. The lowest BCUT2D eigenvalue weighted by Gasteiger charge is -2.12. The monoisotopic (exact) mass is 489 g/mol. The summed E-state index contributed by atoms with van der Waals surface area (Å²) in [6.07, 6.45) is 1.47. The van der Waals surface area contributed by atoms with Gasteiger partial charge in [-0.25, -0.2) is 9.59 Å². The van der Waals surface area contributed by atoms with Gasteiger partial charge in [0, 0.05) is 15.8 Å². The van der Waals surface area contributed by atoms with E-state index in [4.69, 9.17) is 4.42 Å². The van der Waals surface area contributed by atoms with Crippen molar-refractivity contribution in [3.05, 3.63) is 99.1 Å². The number of carbonyl (C=O) groups is 2. The van der Waals surface area contributed by atoms with Crippen LogP contribution in [0.4, 0.5) is 5.69 Å². The average molecular weight is 490 g/mol. The van der Waals surface area contributed by atoms with E-state index in [1.807, 2.05) is 24.3 Å². The van der Waals surface area contributed by atoms with Crippen molar-refractivity contribution >= 4 is 49.2 Å². The highest BCUT2D eigenvalue weighted by Crippen LogP contribution is 2.30. The number of thiophene rings is 1. The quantitative estimate of drug-likeness (QED) is 0.366. The average Bonchev–Trinajstić information content (AvgIpc) is 3.52. The second kappa shape index (κ2) is 9.07. The standard InChI is InChI=1S/C25H19N3O6S/c1-33-24(31)15-8-10-16(11-9-15)26-20(29)14-27-21-18-6-2-3-7-19(18)35-22(21)23(30)28(25(27)32)13-17-5-4-12-34-17/h2-12H,13-14H2,1H3,(H,26,29). The smallest absolute Gasteiger partial charge is 0.337 e. The van der Waals surface area contributed by atoms with Crippen LogP contribution in [0.25, 0.3) is 20.3 Å². The lowest BCUT2D eigenvalue weighted by atomic mass is 10.2. The third-order valence-corrected chi connectivity index (χ3v) is 6.67. The van der Waals surface area contributed by atoms with E-state index < -0.39 is 23.1 Å². The first kappa shape index (κ1) is 22.4. The van der Waals surface area contributed by atoms with Crippen LogP contribution in [-0.4, -0.2) is 28.1 Å². The molecule has 5 aromatic rings. The van der Waals surface area contributed by atoms with Crippen molar-refractivity contribution in [2.24, 2.45) is 0 Å². The molecule has 0 atom stereocenters. The first-order valence-electron chi connectivity index (χ1n) is 10.6. The summed E-state index contributed by atoms with van der Waals surface area (Å²) in [6, 6.07) is 16.9. The lowest BCUT2D eigenvalue weighted by molar-refractivity contribution is -0.116. The van der Waals surface area contributed by atoms with Crippen LogP contribution in [-0.2, 0) is 22.6 Å². The second-order valence-electron chi connectivity index (χ2n) is 7.73. The summed E-state index contributed by atoms with van der Waals surface area (Å²) in [5.41, 5.74) is 0.174. The van der Waals surface area contributed by atoms with Crippen molar-refractivity contribution in [1.82, 2.24) is 9.13 Å². The number of nitrogens with zero attached hydrogens (tertiary/aromatic N) is 2. The van der Waals surface area contributed by atoms with Crippen molar-refractivity contribution < 1.29 is 18.7 Å². The summed E-state index contributed by atoms with van der Waals surface area (Å²) in [5, 5.41) is 3.46. The minimum Gasteiger partial charge on any atom is -0.467 e. The van der Waals surface area contributed by atoms with E-state index >= 15 is 0 Å². The van der Waals surface area contributed by atoms with Gasteiger partial charge in [0.25, 0.3) is 5.56 Å². The van der Waals surface area contributed by atoms with E-state index in [-0.39, 0.29) is 13.1 Å². The van der Waals surface area contributed by atoms with Gasteiger partial charge >= 0.3 is 11.7 Å². The van der Waals surface area contributed by atoms with E-state index in [1.54, 1.807) is 24.3 Å². The third kappa shape index (κ3) is 4.15. The van der Waals surface area contributed by atoms with Gasteiger partial charge in [-0.3, -0.25) is 18.7 Å². The summed E-state index contributed by atoms with van der Waals surface area (Å²) < 4.78 is 13.6. The highest BCUT2D eigenvalue weighted by molar-refractivity contribution is 7.25. The highest BCUT2D eigenvalue weighted by atomic mass is 32.1. The molecule has 0 fully saturated rings. The number of aromatic nitrogens is 2. The number of carbonyl (C=O) groups excluding carboxylic acids is 2. The van der Waals surface area contributed by atoms with Gasteiger partial charge < -0.3 is 14.5 Å². The van der Waals surface area contributed by atoms with Gasteiger partial charge in [0.15, 0.2) is 0 Å². The van der Waals surface area contributed by atoms with Gasteiger partial charge in [0.1, 0.15) is 17.0 Å². The van der Waals surface area contributed by atoms with Crippen LogP contribution in [0.2, 0.25) is 0 Å². The van der Waals surface area contributed by atoms with Crippen LogP contribution < -0.4 is 16.6 Å². The number of hydrogen-bond donors (Lipinski definition) is 1. The minimum absolute atomic E-state index is 0.0501. The number of benzene rings is 2. The Morgan fingerprint density at radius 1 is 1.00 bits per heavy atom. The zero-order chi connectivity index (χ0) is 24.5. The number of nitrogens with one attached hydrogen (secondary N) is 1. The summed E-state index contributed by atoms with van der Waals surface area (Å²) in [4.78, 5) is 51.3. The first-order valence-corrected chi connectivity index (χ1v) is 11.4. The number of furan rings is 1. The maximum atomic E-state index is 13.5. The van der Waals surface area contributed by atoms with E-state index in [9.17, 15) is 19.2 Å². The van der Waals surface area contributed by atoms with Crippen LogP contribution in [0.15, 0.2) is 80.9 Å². The summed E-state index contributed by atoms with van der Waals surface area (Å²) in [5.74, 6) is -0.496. The minimum atomic E-state index is -0.612. The van der Waals surface area contributed by atoms with Gasteiger partial charge in [-0.2, -0.15) is 0 Å². The molecule has 0 aliphatic heterocycles. The third-order valence-electron chi connectivity index (χ3n) is 5.53. The predicted molar refractivity (Wildman–Crippen MR) is 132 cm³/mol. The first-order chi connectivity index (χ1) is 17.0. The molecule has 0 saturated carbocycles. The Morgan fingerprint density at radius 2 is 1.77 bits per heavy atom. The Morgan fingerprint density at radius 3 is 2.49 bits per heavy atom. The van der Waals surface area contributed by atoms with Crippen molar-refractivity contribution in [3.8, 4) is 0 Å². The maximum absolute atomic E-state index is 13.5. The number of rotatable bonds is 6. The summed E-state index contributed by atoms with van der Waals surface area (Å²) in [6.45, 7) is -0.362. The molecule has 5 rings (SSSR count). The fraction of sp³-hybridized carbons (Fsp3) is 0.120. The molecule has 0 aliphatic carbocycles. The Bertz CT molecular complexity index is 1680. The number of anilines is 1. The summed E-state index contributed by atoms with van der Waals surface area (Å²) in [7, 11) is 1.29. The Kier molecular flexibility index (Phi) is 5.79. The van der Waals surface area contributed by atoms with Crippen LogP contribution in [0.3, 0.4) is 0 Å². The fourth-order valence-electron chi connectivity index (χ4n) is 3.89. The molecule has 0 aliphatic rings. The number of hydrogen-bond acceptors (Lipinski definition) is 7. The molecule has 0 saturated heterocycles. The predicted octanol–water partition coefficient (Wildman–Crippen LogP) is 3.44. The largest absolute Gasteiger partial charge is 0.467 e. The Labute approximate surface area is 201 Å². The van der Waals surface area contributed by atoms with Crippen LogP contribution in [0.1, 0.15) is 16.1 Å². The molecular formula is C25H19N3O6S. The number of fused-ring (bicyclic) bond motifs is 3. The zero-order valence-electron chi connectivity index (χ0n) is 18.5. The zero-order valence-corrected chi connectivity index (χ0v) is 19.3. The van der Waals surface area contributed by atoms with Crippen LogP contribution >= 0.6 is 11.3 Å². The summed E-state index contributed by atoms with van der Waals surface area (Å²) >= 11 is 1.28. The fourth-order valence-corrected chi connectivity index (χ4v) is 5.05. The number of amides is 1. The molecule has 0 radical (unpaired) electrons. The van der Waals surface area contributed by atoms with Crippen LogP contribution in [0, 0.1) is 0 Å². The molecule has 10 heteroatoms. The normalized spacial score (nSPS) is 11.1. The van der Waals surface area contributed by atoms with E-state index in [0.717, 1.165) is 14.7 Å². The molecule has 35 heavy (non-hydrogen) atoms. The molecule has 3 heterocycles. The van der Waals surface area contributed by atoms with E-state index in [1.165, 1.54) is 41.4 Å². The Balaban J connectivity index is 1.56. The molecule has 0 spiro atoms. The lowest BCUT2D eigenvalue weighted by Crippen LogP contribution is -2.41. The molecule has 1 amide bonds. The molecule has 0 unspecified atom stereocenters. The topological polar surface area (TPSA) is 113 Å². The van der Waals surface area contributed by atoms with Crippen molar-refractivity contribution in [2.75, 3.05) is 12.4 Å². The molecule has 0 bridgehead atoms. The molecule has 9 nitrogen and oxygen atoms in total. The molecule has 176 valence electrons. The molecule has 3 aromatic heterocycles. The van der Waals surface area contributed by atoms with Gasteiger partial charge in [-0.15, -0.1) is 11.3 Å². The molecular weight excluding hydrogens is 470 g/mol. The van der Waals surface area contributed by atoms with Crippen LogP contribution in [0.5, 0.6) is 0 Å². The maximum Gasteiger partial charge on any atom is 0.337 e. The van der Waals surface area contributed by atoms with Gasteiger partial charge in [0.2, 0.25) is 5.91 Å². The van der Waals surface area contributed by atoms with Gasteiger partial charge in [0.05, 0.1) is 31.0 Å². The van der Waals surface area contributed by atoms with Crippen molar-refractivity contribution in [3.63, 3.8) is 0 Å². The highest BCUT2D eigenvalue weighted by Gasteiger charge is 2.20. The number of esters is 1. The van der Waals surface area contributed by atoms with E-state index in [2.05, 4.69) is 10.1 Å². The molecule has 2 aromatic carbocycles. The SMILES string of the molecule is COC(=O)c1ccc(NC(=O)Cn2c(=O)n(Cc3ccco3)c(=O)c3sc4ccccc4c32)cc1. The second-order valence-corrected chi connectivity index (χ2v) is 8.78. The number of methoxy groups -OCH3 is 1. The van der Waals surface area contributed by atoms with Crippen molar-refractivity contribution in [2.45, 2.75) is 13.1 Å². The Hall–Kier alpha value is -4.44. The van der Waals surface area contributed by atoms with Crippen molar-refractivity contribution in [1.29, 1.82) is 0 Å². The van der Waals surface area contributed by atoms with Gasteiger partial charge in [-0.05, 0) is 42.5 Å².